The molecular formula is C13H18O2. The molecule has 2 atom stereocenters. The average molecular weight is 206 g/mol. The normalized spacial score (nSPS) is 26.5. The van der Waals surface area contributed by atoms with Gasteiger partial charge in [0.2, 0.25) is 0 Å². The van der Waals surface area contributed by atoms with Crippen molar-refractivity contribution in [3.05, 3.63) is 35.4 Å². The summed E-state index contributed by atoms with van der Waals surface area (Å²) in [5.74, 6) is 0.264. The van der Waals surface area contributed by atoms with Crippen molar-refractivity contribution < 1.29 is 9.84 Å². The van der Waals surface area contributed by atoms with E-state index >= 15 is 0 Å². The standard InChI is InChI=1S/C13H18O2/c1-10-4-2-3-5-11(10)8-12-9-15-7-6-13(12)14/h2-5,12-14H,6-9H2,1H3/t12-,13-/m0/s1. The van der Waals surface area contributed by atoms with Gasteiger partial charge in [0, 0.05) is 12.5 Å². The minimum atomic E-state index is -0.196. The van der Waals surface area contributed by atoms with Crippen molar-refractivity contribution in [2.75, 3.05) is 13.2 Å². The van der Waals surface area contributed by atoms with E-state index in [1.165, 1.54) is 11.1 Å². The van der Waals surface area contributed by atoms with Crippen LogP contribution in [0.2, 0.25) is 0 Å². The summed E-state index contributed by atoms with van der Waals surface area (Å²) in [7, 11) is 0. The summed E-state index contributed by atoms with van der Waals surface area (Å²) >= 11 is 0. The number of rotatable bonds is 2. The second kappa shape index (κ2) is 4.77. The van der Waals surface area contributed by atoms with Gasteiger partial charge in [0.15, 0.2) is 0 Å². The highest BCUT2D eigenvalue weighted by atomic mass is 16.5. The Morgan fingerprint density at radius 1 is 1.40 bits per heavy atom. The number of aryl methyl sites for hydroxylation is 1. The van der Waals surface area contributed by atoms with Gasteiger partial charge < -0.3 is 9.84 Å². The van der Waals surface area contributed by atoms with E-state index in [-0.39, 0.29) is 12.0 Å². The molecule has 0 aliphatic carbocycles. The average Bonchev–Trinajstić information content (AvgIpc) is 2.24. The summed E-state index contributed by atoms with van der Waals surface area (Å²) in [5, 5.41) is 9.84. The number of hydrogen-bond donors (Lipinski definition) is 1. The maximum absolute atomic E-state index is 9.84. The lowest BCUT2D eigenvalue weighted by molar-refractivity contribution is -0.0351. The third-order valence-corrected chi connectivity index (χ3v) is 3.18. The molecule has 82 valence electrons. The van der Waals surface area contributed by atoms with Crippen LogP contribution in [0.5, 0.6) is 0 Å². The Hall–Kier alpha value is -0.860. The van der Waals surface area contributed by atoms with Crippen molar-refractivity contribution in [3.8, 4) is 0 Å². The Kier molecular flexibility index (Phi) is 3.39. The van der Waals surface area contributed by atoms with E-state index in [9.17, 15) is 5.11 Å². The number of ether oxygens (including phenoxy) is 1. The molecule has 0 bridgehead atoms. The summed E-state index contributed by atoms with van der Waals surface area (Å²) in [6.07, 6.45) is 1.50. The molecule has 0 unspecified atom stereocenters. The van der Waals surface area contributed by atoms with E-state index < -0.39 is 0 Å². The summed E-state index contributed by atoms with van der Waals surface area (Å²) < 4.78 is 5.40. The van der Waals surface area contributed by atoms with Crippen LogP contribution >= 0.6 is 0 Å². The fourth-order valence-corrected chi connectivity index (χ4v) is 2.10. The van der Waals surface area contributed by atoms with E-state index in [2.05, 4.69) is 25.1 Å². The van der Waals surface area contributed by atoms with Crippen molar-refractivity contribution >= 4 is 0 Å². The summed E-state index contributed by atoms with van der Waals surface area (Å²) in [4.78, 5) is 0. The summed E-state index contributed by atoms with van der Waals surface area (Å²) in [6, 6.07) is 8.35. The molecule has 1 aromatic carbocycles. The van der Waals surface area contributed by atoms with E-state index in [1.807, 2.05) is 6.07 Å². The van der Waals surface area contributed by atoms with Gasteiger partial charge in [-0.25, -0.2) is 0 Å². The van der Waals surface area contributed by atoms with Gasteiger partial charge in [-0.2, -0.15) is 0 Å². The molecule has 1 aliphatic rings. The predicted octanol–water partition coefficient (Wildman–Crippen LogP) is 1.93. The van der Waals surface area contributed by atoms with Gasteiger partial charge in [0.1, 0.15) is 0 Å². The molecular weight excluding hydrogens is 188 g/mol. The van der Waals surface area contributed by atoms with E-state index in [4.69, 9.17) is 4.74 Å². The SMILES string of the molecule is Cc1ccccc1C[C@H]1COCC[C@@H]1O. The molecule has 1 fully saturated rings. The maximum Gasteiger partial charge on any atom is 0.0615 e. The van der Waals surface area contributed by atoms with Crippen molar-refractivity contribution in [2.24, 2.45) is 5.92 Å². The van der Waals surface area contributed by atoms with Crippen LogP contribution in [-0.2, 0) is 11.2 Å². The molecule has 0 aromatic heterocycles. The summed E-state index contributed by atoms with van der Waals surface area (Å²) in [6.45, 7) is 3.51. The van der Waals surface area contributed by atoms with Crippen molar-refractivity contribution in [1.82, 2.24) is 0 Å². The molecule has 1 aliphatic heterocycles. The quantitative estimate of drug-likeness (QED) is 0.801. The minimum absolute atomic E-state index is 0.196. The van der Waals surface area contributed by atoms with Crippen molar-refractivity contribution in [1.29, 1.82) is 0 Å². The Morgan fingerprint density at radius 3 is 2.93 bits per heavy atom. The van der Waals surface area contributed by atoms with E-state index in [0.717, 1.165) is 12.8 Å². The molecule has 0 spiro atoms. The molecule has 0 radical (unpaired) electrons. The Labute approximate surface area is 90.9 Å². The first-order chi connectivity index (χ1) is 7.27. The number of aliphatic hydroxyl groups is 1. The van der Waals surface area contributed by atoms with Crippen LogP contribution < -0.4 is 0 Å². The molecule has 0 saturated carbocycles. The largest absolute Gasteiger partial charge is 0.393 e. The van der Waals surface area contributed by atoms with Gasteiger partial charge in [0.05, 0.1) is 12.7 Å². The third-order valence-electron chi connectivity index (χ3n) is 3.18. The zero-order valence-corrected chi connectivity index (χ0v) is 9.15. The van der Waals surface area contributed by atoms with Crippen molar-refractivity contribution in [2.45, 2.75) is 25.9 Å². The van der Waals surface area contributed by atoms with Crippen LogP contribution in [0.25, 0.3) is 0 Å². The third kappa shape index (κ3) is 2.58. The fraction of sp³-hybridized carbons (Fsp3) is 0.538. The molecule has 1 saturated heterocycles. The van der Waals surface area contributed by atoms with Crippen LogP contribution in [0, 0.1) is 12.8 Å². The van der Waals surface area contributed by atoms with Gasteiger partial charge in [-0.3, -0.25) is 0 Å². The van der Waals surface area contributed by atoms with Crippen LogP contribution in [0.4, 0.5) is 0 Å². The molecule has 1 aromatic rings. The number of hydrogen-bond acceptors (Lipinski definition) is 2. The lowest BCUT2D eigenvalue weighted by Crippen LogP contribution is -2.33. The zero-order valence-electron chi connectivity index (χ0n) is 9.15. The Morgan fingerprint density at radius 2 is 2.20 bits per heavy atom. The van der Waals surface area contributed by atoms with Gasteiger partial charge in [-0.05, 0) is 30.9 Å². The molecule has 1 N–H and O–H groups in total. The molecule has 15 heavy (non-hydrogen) atoms. The fourth-order valence-electron chi connectivity index (χ4n) is 2.10. The van der Waals surface area contributed by atoms with Crippen LogP contribution in [0.15, 0.2) is 24.3 Å². The van der Waals surface area contributed by atoms with Crippen LogP contribution in [0.1, 0.15) is 17.5 Å². The van der Waals surface area contributed by atoms with Crippen LogP contribution in [-0.4, -0.2) is 24.4 Å². The van der Waals surface area contributed by atoms with Gasteiger partial charge in [-0.1, -0.05) is 24.3 Å². The highest BCUT2D eigenvalue weighted by molar-refractivity contribution is 5.26. The summed E-state index contributed by atoms with van der Waals surface area (Å²) in [5.41, 5.74) is 2.63. The second-order valence-corrected chi connectivity index (χ2v) is 4.32. The first-order valence-corrected chi connectivity index (χ1v) is 5.57. The van der Waals surface area contributed by atoms with Gasteiger partial charge in [-0.15, -0.1) is 0 Å². The minimum Gasteiger partial charge on any atom is -0.393 e. The maximum atomic E-state index is 9.84. The highest BCUT2D eigenvalue weighted by Gasteiger charge is 2.24. The molecule has 1 heterocycles. The number of aliphatic hydroxyl groups excluding tert-OH is 1. The number of benzene rings is 1. The topological polar surface area (TPSA) is 29.5 Å². The first kappa shape index (κ1) is 10.7. The zero-order chi connectivity index (χ0) is 10.7. The highest BCUT2D eigenvalue weighted by Crippen LogP contribution is 2.21. The Bertz CT molecular complexity index is 322. The monoisotopic (exact) mass is 206 g/mol. The van der Waals surface area contributed by atoms with E-state index in [0.29, 0.717) is 13.2 Å². The second-order valence-electron chi connectivity index (χ2n) is 4.32. The molecule has 0 amide bonds. The lowest BCUT2D eigenvalue weighted by atomic mass is 9.90. The van der Waals surface area contributed by atoms with Crippen LogP contribution in [0.3, 0.4) is 0 Å². The van der Waals surface area contributed by atoms with Gasteiger partial charge in [0.25, 0.3) is 0 Å². The first-order valence-electron chi connectivity index (χ1n) is 5.57. The molecule has 2 nitrogen and oxygen atoms in total. The van der Waals surface area contributed by atoms with Crippen molar-refractivity contribution in [3.63, 3.8) is 0 Å². The smallest absolute Gasteiger partial charge is 0.0615 e. The molecule has 2 heteroatoms. The predicted molar refractivity (Wildman–Crippen MR) is 59.8 cm³/mol. The van der Waals surface area contributed by atoms with E-state index in [1.54, 1.807) is 0 Å². The van der Waals surface area contributed by atoms with Gasteiger partial charge >= 0.3 is 0 Å². The Balaban J connectivity index is 2.04. The lowest BCUT2D eigenvalue weighted by Gasteiger charge is -2.28. The molecule has 2 rings (SSSR count).